The lowest BCUT2D eigenvalue weighted by atomic mass is 10.1. The van der Waals surface area contributed by atoms with Crippen molar-refractivity contribution in [3.05, 3.63) is 35.9 Å². The Bertz CT molecular complexity index is 326. The summed E-state index contributed by atoms with van der Waals surface area (Å²) in [6, 6.07) is 10.8. The van der Waals surface area contributed by atoms with E-state index in [0.717, 1.165) is 6.54 Å². The van der Waals surface area contributed by atoms with Gasteiger partial charge in [0, 0.05) is 6.54 Å². The summed E-state index contributed by atoms with van der Waals surface area (Å²) in [6.07, 6.45) is 14.2. The minimum atomic E-state index is 0. The molecule has 0 N–H and O–H groups in total. The molecular weight excluding hydrogens is 290 g/mol. The molecule has 0 heterocycles. The lowest BCUT2D eigenvalue weighted by Crippen LogP contribution is -2.18. The van der Waals surface area contributed by atoms with Crippen molar-refractivity contribution in [2.24, 2.45) is 0 Å². The minimum Gasteiger partial charge on any atom is -0.302 e. The molecule has 0 unspecified atom stereocenters. The van der Waals surface area contributed by atoms with Gasteiger partial charge in [-0.05, 0) is 25.6 Å². The maximum absolute atomic E-state index is 2.44. The van der Waals surface area contributed by atoms with Crippen LogP contribution >= 0.6 is 12.4 Å². The average Bonchev–Trinajstić information content (AvgIpc) is 2.50. The fourth-order valence-corrected chi connectivity index (χ4v) is 2.84. The zero-order chi connectivity index (χ0) is 15.2. The van der Waals surface area contributed by atoms with Crippen LogP contribution in [-0.2, 0) is 6.54 Å². The van der Waals surface area contributed by atoms with Crippen LogP contribution in [-0.4, -0.2) is 18.5 Å². The Kier molecular flexibility index (Phi) is 15.0. The van der Waals surface area contributed by atoms with Crippen LogP contribution in [0.5, 0.6) is 0 Å². The van der Waals surface area contributed by atoms with Crippen LogP contribution in [0.15, 0.2) is 30.3 Å². The van der Waals surface area contributed by atoms with Crippen molar-refractivity contribution in [2.45, 2.75) is 77.7 Å². The van der Waals surface area contributed by atoms with Crippen molar-refractivity contribution in [3.8, 4) is 0 Å². The summed E-state index contributed by atoms with van der Waals surface area (Å²) in [4.78, 5) is 2.44. The maximum Gasteiger partial charge on any atom is 0.0230 e. The van der Waals surface area contributed by atoms with E-state index >= 15 is 0 Å². The fraction of sp³-hybridized carbons (Fsp3) is 0.700. The Balaban J connectivity index is 0.00000441. The lowest BCUT2D eigenvalue weighted by Gasteiger charge is -2.16. The van der Waals surface area contributed by atoms with Gasteiger partial charge in [-0.3, -0.25) is 0 Å². The van der Waals surface area contributed by atoms with Gasteiger partial charge in [0.25, 0.3) is 0 Å². The van der Waals surface area contributed by atoms with Crippen LogP contribution in [0.3, 0.4) is 0 Å². The number of halogens is 1. The standard InChI is InChI=1S/C20H35N.ClH/c1-3-4-5-6-7-8-9-10-11-15-18-21(2)19-20-16-13-12-14-17-20;/h12-14,16-17H,3-11,15,18-19H2,1-2H3;1H. The molecule has 0 saturated heterocycles. The van der Waals surface area contributed by atoms with E-state index in [0.29, 0.717) is 0 Å². The second-order valence-corrected chi connectivity index (χ2v) is 6.41. The van der Waals surface area contributed by atoms with Gasteiger partial charge >= 0.3 is 0 Å². The highest BCUT2D eigenvalue weighted by molar-refractivity contribution is 5.85. The van der Waals surface area contributed by atoms with E-state index in [4.69, 9.17) is 0 Å². The van der Waals surface area contributed by atoms with Gasteiger partial charge in [0.2, 0.25) is 0 Å². The molecule has 1 rings (SSSR count). The summed E-state index contributed by atoms with van der Waals surface area (Å²) in [5, 5.41) is 0. The molecule has 0 fully saturated rings. The van der Waals surface area contributed by atoms with Crippen molar-refractivity contribution in [3.63, 3.8) is 0 Å². The first-order valence-corrected chi connectivity index (χ1v) is 9.05. The lowest BCUT2D eigenvalue weighted by molar-refractivity contribution is 0.316. The molecule has 0 radical (unpaired) electrons. The molecule has 0 atom stereocenters. The van der Waals surface area contributed by atoms with Crippen molar-refractivity contribution in [2.75, 3.05) is 13.6 Å². The van der Waals surface area contributed by atoms with Gasteiger partial charge in [-0.1, -0.05) is 95.0 Å². The summed E-state index contributed by atoms with van der Waals surface area (Å²) in [7, 11) is 2.24. The van der Waals surface area contributed by atoms with Crippen molar-refractivity contribution in [1.82, 2.24) is 4.90 Å². The van der Waals surface area contributed by atoms with Crippen LogP contribution in [0.4, 0.5) is 0 Å². The molecule has 128 valence electrons. The molecule has 0 saturated carbocycles. The Morgan fingerprint density at radius 1 is 0.727 bits per heavy atom. The molecule has 0 aliphatic carbocycles. The Hall–Kier alpha value is -0.530. The van der Waals surface area contributed by atoms with Crippen molar-refractivity contribution in [1.29, 1.82) is 0 Å². The molecule has 2 heteroatoms. The Morgan fingerprint density at radius 2 is 1.23 bits per heavy atom. The number of hydrogen-bond donors (Lipinski definition) is 0. The highest BCUT2D eigenvalue weighted by atomic mass is 35.5. The summed E-state index contributed by atoms with van der Waals surface area (Å²) in [5.74, 6) is 0. The SMILES string of the molecule is CCCCCCCCCCCCN(C)Cc1ccccc1.Cl. The normalized spacial score (nSPS) is 10.7. The van der Waals surface area contributed by atoms with Crippen molar-refractivity contribution >= 4 is 12.4 Å². The molecule has 0 spiro atoms. The first-order valence-electron chi connectivity index (χ1n) is 9.05. The molecule has 0 aromatic heterocycles. The minimum absolute atomic E-state index is 0. The molecule has 22 heavy (non-hydrogen) atoms. The van der Waals surface area contributed by atoms with Crippen molar-refractivity contribution < 1.29 is 0 Å². The summed E-state index contributed by atoms with van der Waals surface area (Å²) >= 11 is 0. The van der Waals surface area contributed by atoms with Gasteiger partial charge in [0.1, 0.15) is 0 Å². The third-order valence-electron chi connectivity index (χ3n) is 4.19. The molecule has 0 amide bonds. The van der Waals surface area contributed by atoms with Gasteiger partial charge in [0.15, 0.2) is 0 Å². The molecule has 0 aliphatic heterocycles. The van der Waals surface area contributed by atoms with Crippen LogP contribution in [0.25, 0.3) is 0 Å². The van der Waals surface area contributed by atoms with E-state index < -0.39 is 0 Å². The highest BCUT2D eigenvalue weighted by Crippen LogP contribution is 2.11. The first kappa shape index (κ1) is 21.5. The van der Waals surface area contributed by atoms with E-state index in [2.05, 4.69) is 49.2 Å². The van der Waals surface area contributed by atoms with Gasteiger partial charge < -0.3 is 4.90 Å². The van der Waals surface area contributed by atoms with E-state index in [1.807, 2.05) is 0 Å². The smallest absolute Gasteiger partial charge is 0.0230 e. The van der Waals surface area contributed by atoms with Gasteiger partial charge in [-0.2, -0.15) is 0 Å². The highest BCUT2D eigenvalue weighted by Gasteiger charge is 1.99. The summed E-state index contributed by atoms with van der Waals surface area (Å²) < 4.78 is 0. The Labute approximate surface area is 144 Å². The number of benzene rings is 1. The van der Waals surface area contributed by atoms with E-state index in [9.17, 15) is 0 Å². The quantitative estimate of drug-likeness (QED) is 0.376. The van der Waals surface area contributed by atoms with Gasteiger partial charge in [0.05, 0.1) is 0 Å². The van der Waals surface area contributed by atoms with E-state index in [1.165, 1.54) is 76.3 Å². The summed E-state index contributed by atoms with van der Waals surface area (Å²) in [5.41, 5.74) is 1.42. The molecular formula is C20H36ClN. The van der Waals surface area contributed by atoms with E-state index in [1.54, 1.807) is 0 Å². The monoisotopic (exact) mass is 325 g/mol. The molecule has 0 bridgehead atoms. The molecule has 0 aliphatic rings. The van der Waals surface area contributed by atoms with Crippen LogP contribution < -0.4 is 0 Å². The third kappa shape index (κ3) is 12.1. The Morgan fingerprint density at radius 3 is 1.77 bits per heavy atom. The zero-order valence-corrected chi connectivity index (χ0v) is 15.5. The predicted octanol–water partition coefficient (Wildman–Crippen LogP) is 6.46. The number of nitrogens with zero attached hydrogens (tertiary/aromatic N) is 1. The second kappa shape index (κ2) is 15.4. The second-order valence-electron chi connectivity index (χ2n) is 6.41. The topological polar surface area (TPSA) is 3.24 Å². The number of unbranched alkanes of at least 4 members (excludes halogenated alkanes) is 9. The third-order valence-corrected chi connectivity index (χ3v) is 4.19. The fourth-order valence-electron chi connectivity index (χ4n) is 2.84. The number of hydrogen-bond acceptors (Lipinski definition) is 1. The zero-order valence-electron chi connectivity index (χ0n) is 14.7. The largest absolute Gasteiger partial charge is 0.302 e. The molecule has 1 aromatic rings. The van der Waals surface area contributed by atoms with Gasteiger partial charge in [-0.15, -0.1) is 12.4 Å². The van der Waals surface area contributed by atoms with Gasteiger partial charge in [-0.25, -0.2) is 0 Å². The predicted molar refractivity (Wildman–Crippen MR) is 102 cm³/mol. The average molecular weight is 326 g/mol. The molecule has 1 aromatic carbocycles. The van der Waals surface area contributed by atoms with Crippen LogP contribution in [0.2, 0.25) is 0 Å². The number of rotatable bonds is 13. The first-order chi connectivity index (χ1) is 10.3. The maximum atomic E-state index is 2.44. The summed E-state index contributed by atoms with van der Waals surface area (Å²) in [6.45, 7) is 4.60. The van der Waals surface area contributed by atoms with Crippen LogP contribution in [0.1, 0.15) is 76.7 Å². The van der Waals surface area contributed by atoms with E-state index in [-0.39, 0.29) is 12.4 Å². The van der Waals surface area contributed by atoms with Crippen LogP contribution in [0, 0.1) is 0 Å². The molecule has 1 nitrogen and oxygen atoms in total.